The summed E-state index contributed by atoms with van der Waals surface area (Å²) in [6, 6.07) is 15.6. The maximum absolute atomic E-state index is 12.3. The van der Waals surface area contributed by atoms with Crippen LogP contribution in [0.4, 0.5) is 5.13 Å². The highest BCUT2D eigenvalue weighted by Gasteiger charge is 2.29. The first-order chi connectivity index (χ1) is 10.3. The van der Waals surface area contributed by atoms with Crippen molar-refractivity contribution >= 4 is 32.6 Å². The molecule has 21 heavy (non-hydrogen) atoms. The van der Waals surface area contributed by atoms with Gasteiger partial charge in [0.15, 0.2) is 11.2 Å². The van der Waals surface area contributed by atoms with Gasteiger partial charge in [-0.2, -0.15) is 0 Å². The minimum Gasteiger partial charge on any atom is -0.480 e. The standard InChI is InChI=1S/C16H12N2O2S/c19-15(13-9-10-5-1-3-7-12(10)20-13)18-16-17-11-6-2-4-8-14(11)21-16/h1-8,13H,9H2,(H,17,18,19). The number of para-hydroxylation sites is 2. The van der Waals surface area contributed by atoms with Crippen LogP contribution in [0.1, 0.15) is 5.56 Å². The van der Waals surface area contributed by atoms with Crippen molar-refractivity contribution in [2.45, 2.75) is 12.5 Å². The third kappa shape index (κ3) is 2.25. The molecular weight excluding hydrogens is 284 g/mol. The van der Waals surface area contributed by atoms with Crippen molar-refractivity contribution in [3.63, 3.8) is 0 Å². The van der Waals surface area contributed by atoms with Gasteiger partial charge in [-0.25, -0.2) is 4.98 Å². The van der Waals surface area contributed by atoms with Crippen molar-refractivity contribution in [3.05, 3.63) is 54.1 Å². The number of benzene rings is 2. The van der Waals surface area contributed by atoms with E-state index in [-0.39, 0.29) is 5.91 Å². The summed E-state index contributed by atoms with van der Waals surface area (Å²) in [4.78, 5) is 16.7. The highest BCUT2D eigenvalue weighted by molar-refractivity contribution is 7.22. The summed E-state index contributed by atoms with van der Waals surface area (Å²) in [6.07, 6.45) is 0.127. The third-order valence-electron chi connectivity index (χ3n) is 3.46. The molecule has 1 aliphatic heterocycles. The smallest absolute Gasteiger partial charge is 0.267 e. The number of fused-ring (bicyclic) bond motifs is 2. The maximum atomic E-state index is 12.3. The van der Waals surface area contributed by atoms with Crippen LogP contribution in [-0.4, -0.2) is 17.0 Å². The van der Waals surface area contributed by atoms with E-state index in [0.717, 1.165) is 21.5 Å². The van der Waals surface area contributed by atoms with Crippen LogP contribution in [0.3, 0.4) is 0 Å². The summed E-state index contributed by atoms with van der Waals surface area (Å²) < 4.78 is 6.74. The molecule has 0 spiro atoms. The number of amides is 1. The Hall–Kier alpha value is -2.40. The van der Waals surface area contributed by atoms with Gasteiger partial charge in [0.25, 0.3) is 5.91 Å². The van der Waals surface area contributed by atoms with E-state index < -0.39 is 6.10 Å². The van der Waals surface area contributed by atoms with E-state index in [1.165, 1.54) is 11.3 Å². The Morgan fingerprint density at radius 1 is 1.19 bits per heavy atom. The van der Waals surface area contributed by atoms with Crippen molar-refractivity contribution in [1.29, 1.82) is 0 Å². The zero-order chi connectivity index (χ0) is 14.2. The summed E-state index contributed by atoms with van der Waals surface area (Å²) in [5, 5.41) is 3.46. The number of hydrogen-bond acceptors (Lipinski definition) is 4. The van der Waals surface area contributed by atoms with Crippen LogP contribution in [0.15, 0.2) is 48.5 Å². The van der Waals surface area contributed by atoms with E-state index >= 15 is 0 Å². The van der Waals surface area contributed by atoms with Crippen LogP contribution in [-0.2, 0) is 11.2 Å². The second kappa shape index (κ2) is 4.86. The summed E-state index contributed by atoms with van der Waals surface area (Å²) in [7, 11) is 0. The van der Waals surface area contributed by atoms with Gasteiger partial charge in [-0.05, 0) is 23.8 Å². The molecule has 0 radical (unpaired) electrons. The van der Waals surface area contributed by atoms with Gasteiger partial charge in [0.05, 0.1) is 10.2 Å². The lowest BCUT2D eigenvalue weighted by Gasteiger charge is -2.09. The molecule has 5 heteroatoms. The average molecular weight is 296 g/mol. The number of carbonyl (C=O) groups is 1. The Bertz CT molecular complexity index is 770. The Kier molecular flexibility index (Phi) is 2.86. The molecule has 2 aromatic carbocycles. The molecule has 0 aliphatic carbocycles. The molecule has 0 saturated carbocycles. The fourth-order valence-electron chi connectivity index (χ4n) is 2.44. The van der Waals surface area contributed by atoms with E-state index in [0.29, 0.717) is 11.6 Å². The minimum atomic E-state index is -0.477. The van der Waals surface area contributed by atoms with Crippen molar-refractivity contribution in [2.24, 2.45) is 0 Å². The quantitative estimate of drug-likeness (QED) is 0.790. The second-order valence-corrected chi connectivity index (χ2v) is 5.92. The third-order valence-corrected chi connectivity index (χ3v) is 4.42. The lowest BCUT2D eigenvalue weighted by atomic mass is 10.1. The van der Waals surface area contributed by atoms with Crippen LogP contribution in [0.2, 0.25) is 0 Å². The topological polar surface area (TPSA) is 51.2 Å². The molecule has 0 fully saturated rings. The molecule has 1 aromatic heterocycles. The Morgan fingerprint density at radius 2 is 2.00 bits per heavy atom. The van der Waals surface area contributed by atoms with Crippen molar-refractivity contribution in [1.82, 2.24) is 4.98 Å². The summed E-state index contributed by atoms with van der Waals surface area (Å²) >= 11 is 1.47. The van der Waals surface area contributed by atoms with Gasteiger partial charge in [-0.3, -0.25) is 10.1 Å². The zero-order valence-corrected chi connectivity index (χ0v) is 11.9. The van der Waals surface area contributed by atoms with E-state index in [2.05, 4.69) is 10.3 Å². The lowest BCUT2D eigenvalue weighted by molar-refractivity contribution is -0.122. The Balaban J connectivity index is 1.52. The summed E-state index contributed by atoms with van der Waals surface area (Å²) in [5.74, 6) is 0.646. The predicted molar refractivity (Wildman–Crippen MR) is 82.8 cm³/mol. The van der Waals surface area contributed by atoms with Gasteiger partial charge < -0.3 is 4.74 Å². The molecule has 104 valence electrons. The van der Waals surface area contributed by atoms with Crippen molar-refractivity contribution in [3.8, 4) is 5.75 Å². The van der Waals surface area contributed by atoms with E-state index in [9.17, 15) is 4.79 Å². The van der Waals surface area contributed by atoms with Crippen LogP contribution in [0, 0.1) is 0 Å². The van der Waals surface area contributed by atoms with Gasteiger partial charge >= 0.3 is 0 Å². The van der Waals surface area contributed by atoms with Gasteiger partial charge in [0.1, 0.15) is 5.75 Å². The molecule has 4 nitrogen and oxygen atoms in total. The van der Waals surface area contributed by atoms with Crippen molar-refractivity contribution in [2.75, 3.05) is 5.32 Å². The SMILES string of the molecule is O=C(Nc1nc2ccccc2s1)C1Cc2ccccc2O1. The molecular formula is C16H12N2O2S. The number of nitrogens with one attached hydrogen (secondary N) is 1. The van der Waals surface area contributed by atoms with Crippen molar-refractivity contribution < 1.29 is 9.53 Å². The zero-order valence-electron chi connectivity index (χ0n) is 11.1. The molecule has 2 heterocycles. The summed E-state index contributed by atoms with van der Waals surface area (Å²) in [6.45, 7) is 0. The molecule has 1 aliphatic rings. The molecule has 1 N–H and O–H groups in total. The van der Waals surface area contributed by atoms with Crippen LogP contribution >= 0.6 is 11.3 Å². The van der Waals surface area contributed by atoms with Gasteiger partial charge in [-0.15, -0.1) is 0 Å². The fraction of sp³-hybridized carbons (Fsp3) is 0.125. The average Bonchev–Trinajstić information content (AvgIpc) is 3.10. The molecule has 4 rings (SSSR count). The molecule has 1 atom stereocenters. The van der Waals surface area contributed by atoms with Gasteiger partial charge in [0, 0.05) is 6.42 Å². The largest absolute Gasteiger partial charge is 0.480 e. The molecule has 0 bridgehead atoms. The number of ether oxygens (including phenoxy) is 1. The van der Waals surface area contributed by atoms with E-state index in [1.54, 1.807) is 0 Å². The van der Waals surface area contributed by atoms with Gasteiger partial charge in [-0.1, -0.05) is 41.7 Å². The van der Waals surface area contributed by atoms with E-state index in [4.69, 9.17) is 4.74 Å². The number of anilines is 1. The predicted octanol–water partition coefficient (Wildman–Crippen LogP) is 3.24. The molecule has 1 amide bonds. The number of thiazole rings is 1. The number of nitrogens with zero attached hydrogens (tertiary/aromatic N) is 1. The normalized spacial score (nSPS) is 16.5. The first-order valence-corrected chi connectivity index (χ1v) is 7.52. The second-order valence-electron chi connectivity index (χ2n) is 4.89. The van der Waals surface area contributed by atoms with Crippen LogP contribution in [0.5, 0.6) is 5.75 Å². The first-order valence-electron chi connectivity index (χ1n) is 6.70. The molecule has 0 saturated heterocycles. The Labute approximate surface area is 125 Å². The number of rotatable bonds is 2. The van der Waals surface area contributed by atoms with E-state index in [1.807, 2.05) is 48.5 Å². The van der Waals surface area contributed by atoms with Crippen LogP contribution in [0.25, 0.3) is 10.2 Å². The monoisotopic (exact) mass is 296 g/mol. The lowest BCUT2D eigenvalue weighted by Crippen LogP contribution is -2.31. The first kappa shape index (κ1) is 12.3. The Morgan fingerprint density at radius 3 is 2.86 bits per heavy atom. The van der Waals surface area contributed by atoms with Gasteiger partial charge in [0.2, 0.25) is 0 Å². The molecule has 3 aromatic rings. The summed E-state index contributed by atoms with van der Waals surface area (Å²) in [5.41, 5.74) is 1.97. The highest BCUT2D eigenvalue weighted by Crippen LogP contribution is 2.30. The number of carbonyl (C=O) groups excluding carboxylic acids is 1. The van der Waals surface area contributed by atoms with Crippen LogP contribution < -0.4 is 10.1 Å². The maximum Gasteiger partial charge on any atom is 0.267 e. The fourth-order valence-corrected chi connectivity index (χ4v) is 3.31. The highest BCUT2D eigenvalue weighted by atomic mass is 32.1. The molecule has 1 unspecified atom stereocenters. The minimum absolute atomic E-state index is 0.148. The number of aromatic nitrogens is 1. The number of hydrogen-bond donors (Lipinski definition) is 1.